The SMILES string of the molecule is Cc1nc(Cn2cccc2CCN)cs1. The van der Waals surface area contributed by atoms with Crippen molar-refractivity contribution >= 4 is 11.3 Å². The molecule has 4 heteroatoms. The van der Waals surface area contributed by atoms with Crippen molar-refractivity contribution in [3.8, 4) is 0 Å². The van der Waals surface area contributed by atoms with E-state index in [9.17, 15) is 0 Å². The standard InChI is InChI=1S/C11H15N3S/c1-9-13-10(8-15-9)7-14-6-2-3-11(14)4-5-12/h2-3,6,8H,4-5,7,12H2,1H3. The predicted molar refractivity (Wildman–Crippen MR) is 63.1 cm³/mol. The van der Waals surface area contributed by atoms with E-state index in [0.29, 0.717) is 6.54 Å². The van der Waals surface area contributed by atoms with Crippen LogP contribution in [0.15, 0.2) is 23.7 Å². The maximum atomic E-state index is 5.56. The molecule has 0 saturated heterocycles. The van der Waals surface area contributed by atoms with Crippen molar-refractivity contribution in [2.75, 3.05) is 6.54 Å². The van der Waals surface area contributed by atoms with E-state index in [4.69, 9.17) is 5.73 Å². The van der Waals surface area contributed by atoms with Crippen molar-refractivity contribution in [1.82, 2.24) is 9.55 Å². The van der Waals surface area contributed by atoms with Crippen LogP contribution < -0.4 is 5.73 Å². The Kier molecular flexibility index (Phi) is 3.18. The van der Waals surface area contributed by atoms with E-state index < -0.39 is 0 Å². The van der Waals surface area contributed by atoms with E-state index in [1.54, 1.807) is 11.3 Å². The molecular weight excluding hydrogens is 206 g/mol. The average molecular weight is 221 g/mol. The summed E-state index contributed by atoms with van der Waals surface area (Å²) in [6.45, 7) is 3.58. The van der Waals surface area contributed by atoms with Gasteiger partial charge in [-0.2, -0.15) is 0 Å². The zero-order valence-electron chi connectivity index (χ0n) is 8.81. The molecule has 0 aromatic carbocycles. The van der Waals surface area contributed by atoms with Crippen molar-refractivity contribution in [3.05, 3.63) is 40.1 Å². The Balaban J connectivity index is 2.13. The summed E-state index contributed by atoms with van der Waals surface area (Å²) >= 11 is 1.70. The molecule has 0 radical (unpaired) electrons. The van der Waals surface area contributed by atoms with Crippen LogP contribution >= 0.6 is 11.3 Å². The minimum absolute atomic E-state index is 0.695. The van der Waals surface area contributed by atoms with Gasteiger partial charge in [0.05, 0.1) is 17.2 Å². The van der Waals surface area contributed by atoms with Gasteiger partial charge in [0.15, 0.2) is 0 Å². The van der Waals surface area contributed by atoms with E-state index in [0.717, 1.165) is 23.7 Å². The Morgan fingerprint density at radius 3 is 3.07 bits per heavy atom. The Hall–Kier alpha value is -1.13. The van der Waals surface area contributed by atoms with Gasteiger partial charge >= 0.3 is 0 Å². The third-order valence-electron chi connectivity index (χ3n) is 2.32. The molecule has 2 aromatic rings. The molecule has 0 saturated carbocycles. The minimum atomic E-state index is 0.695. The van der Waals surface area contributed by atoms with E-state index in [-0.39, 0.29) is 0 Å². The van der Waals surface area contributed by atoms with Crippen molar-refractivity contribution in [2.24, 2.45) is 5.73 Å². The van der Waals surface area contributed by atoms with Crippen LogP contribution in [0.3, 0.4) is 0 Å². The number of aromatic nitrogens is 2. The second-order valence-electron chi connectivity index (χ2n) is 3.52. The van der Waals surface area contributed by atoms with Crippen LogP contribution in [0.4, 0.5) is 0 Å². The molecule has 2 N–H and O–H groups in total. The maximum absolute atomic E-state index is 5.56. The first-order valence-electron chi connectivity index (χ1n) is 5.04. The van der Waals surface area contributed by atoms with E-state index in [1.165, 1.54) is 5.69 Å². The lowest BCUT2D eigenvalue weighted by molar-refractivity contribution is 0.723. The van der Waals surface area contributed by atoms with Crippen LogP contribution in [0, 0.1) is 6.92 Å². The Labute approximate surface area is 93.6 Å². The Morgan fingerprint density at radius 1 is 1.53 bits per heavy atom. The van der Waals surface area contributed by atoms with Crippen LogP contribution in [0.5, 0.6) is 0 Å². The molecule has 0 bridgehead atoms. The first kappa shape index (κ1) is 10.4. The molecule has 0 unspecified atom stereocenters. The lowest BCUT2D eigenvalue weighted by atomic mass is 10.3. The summed E-state index contributed by atoms with van der Waals surface area (Å²) in [6.07, 6.45) is 3.01. The summed E-state index contributed by atoms with van der Waals surface area (Å²) in [4.78, 5) is 4.45. The van der Waals surface area contributed by atoms with Crippen molar-refractivity contribution < 1.29 is 0 Å². The fraction of sp³-hybridized carbons (Fsp3) is 0.364. The average Bonchev–Trinajstić information content (AvgIpc) is 2.78. The number of hydrogen-bond acceptors (Lipinski definition) is 3. The molecule has 0 amide bonds. The minimum Gasteiger partial charge on any atom is -0.345 e. The number of hydrogen-bond donors (Lipinski definition) is 1. The number of nitrogens with two attached hydrogens (primary N) is 1. The second kappa shape index (κ2) is 4.59. The van der Waals surface area contributed by atoms with E-state index in [1.807, 2.05) is 6.92 Å². The lowest BCUT2D eigenvalue weighted by Gasteiger charge is -2.06. The number of aryl methyl sites for hydroxylation is 1. The molecule has 0 aliphatic carbocycles. The zero-order chi connectivity index (χ0) is 10.7. The van der Waals surface area contributed by atoms with Gasteiger partial charge in [-0.3, -0.25) is 0 Å². The highest BCUT2D eigenvalue weighted by Gasteiger charge is 2.03. The largest absolute Gasteiger partial charge is 0.345 e. The summed E-state index contributed by atoms with van der Waals surface area (Å²) in [5, 5.41) is 3.24. The Bertz CT molecular complexity index is 430. The normalized spacial score (nSPS) is 10.8. The van der Waals surface area contributed by atoms with Gasteiger partial charge in [-0.25, -0.2) is 4.98 Å². The Morgan fingerprint density at radius 2 is 2.40 bits per heavy atom. The summed E-state index contributed by atoms with van der Waals surface area (Å²) in [6, 6.07) is 4.18. The van der Waals surface area contributed by atoms with Gasteiger partial charge in [-0.1, -0.05) is 0 Å². The van der Waals surface area contributed by atoms with Gasteiger partial charge in [0, 0.05) is 17.3 Å². The highest BCUT2D eigenvalue weighted by atomic mass is 32.1. The fourth-order valence-electron chi connectivity index (χ4n) is 1.63. The number of thiazole rings is 1. The van der Waals surface area contributed by atoms with Gasteiger partial charge < -0.3 is 10.3 Å². The van der Waals surface area contributed by atoms with Crippen LogP contribution in [-0.2, 0) is 13.0 Å². The van der Waals surface area contributed by atoms with Crippen LogP contribution in [0.25, 0.3) is 0 Å². The number of rotatable bonds is 4. The smallest absolute Gasteiger partial charge is 0.0898 e. The molecule has 0 aliphatic rings. The van der Waals surface area contributed by atoms with Crippen molar-refractivity contribution in [2.45, 2.75) is 19.9 Å². The first-order valence-corrected chi connectivity index (χ1v) is 5.92. The molecule has 0 atom stereocenters. The highest BCUT2D eigenvalue weighted by Crippen LogP contribution is 2.11. The van der Waals surface area contributed by atoms with Gasteiger partial charge in [0.1, 0.15) is 0 Å². The maximum Gasteiger partial charge on any atom is 0.0898 e. The quantitative estimate of drug-likeness (QED) is 0.855. The van der Waals surface area contributed by atoms with E-state index in [2.05, 4.69) is 33.3 Å². The van der Waals surface area contributed by atoms with Crippen LogP contribution in [0.2, 0.25) is 0 Å². The van der Waals surface area contributed by atoms with Crippen molar-refractivity contribution in [1.29, 1.82) is 0 Å². The first-order chi connectivity index (χ1) is 7.29. The molecule has 3 nitrogen and oxygen atoms in total. The van der Waals surface area contributed by atoms with Gasteiger partial charge in [-0.05, 0) is 32.0 Å². The topological polar surface area (TPSA) is 43.8 Å². The van der Waals surface area contributed by atoms with Crippen LogP contribution in [-0.4, -0.2) is 16.1 Å². The monoisotopic (exact) mass is 221 g/mol. The van der Waals surface area contributed by atoms with Gasteiger partial charge in [0.25, 0.3) is 0 Å². The van der Waals surface area contributed by atoms with Gasteiger partial charge in [0.2, 0.25) is 0 Å². The molecule has 80 valence electrons. The molecule has 0 aliphatic heterocycles. The van der Waals surface area contributed by atoms with Crippen LogP contribution in [0.1, 0.15) is 16.4 Å². The molecule has 0 fully saturated rings. The summed E-state index contributed by atoms with van der Waals surface area (Å²) in [7, 11) is 0. The summed E-state index contributed by atoms with van der Waals surface area (Å²) in [5.41, 5.74) is 7.97. The van der Waals surface area contributed by atoms with E-state index >= 15 is 0 Å². The summed E-state index contributed by atoms with van der Waals surface area (Å²) < 4.78 is 2.21. The predicted octanol–water partition coefficient (Wildman–Crippen LogP) is 1.80. The summed E-state index contributed by atoms with van der Waals surface area (Å²) in [5.74, 6) is 0. The molecular formula is C11H15N3S. The third-order valence-corrected chi connectivity index (χ3v) is 3.15. The molecule has 0 spiro atoms. The lowest BCUT2D eigenvalue weighted by Crippen LogP contribution is -2.09. The zero-order valence-corrected chi connectivity index (χ0v) is 9.63. The molecule has 2 heterocycles. The second-order valence-corrected chi connectivity index (χ2v) is 4.59. The molecule has 2 rings (SSSR count). The molecule has 15 heavy (non-hydrogen) atoms. The van der Waals surface area contributed by atoms with Gasteiger partial charge in [-0.15, -0.1) is 11.3 Å². The van der Waals surface area contributed by atoms with Crippen molar-refractivity contribution in [3.63, 3.8) is 0 Å². The highest BCUT2D eigenvalue weighted by molar-refractivity contribution is 7.09. The molecule has 2 aromatic heterocycles. The number of nitrogens with zero attached hydrogens (tertiary/aromatic N) is 2. The third kappa shape index (κ3) is 2.46. The fourth-order valence-corrected chi connectivity index (χ4v) is 2.24.